The minimum Gasteiger partial charge on any atom is -0.461 e. The van der Waals surface area contributed by atoms with E-state index in [1.165, 1.54) is 0 Å². The Labute approximate surface area is 156 Å². The lowest BCUT2D eigenvalue weighted by molar-refractivity contribution is -0.120. The summed E-state index contributed by atoms with van der Waals surface area (Å²) in [4.78, 5) is 19.9. The van der Waals surface area contributed by atoms with Crippen molar-refractivity contribution in [1.29, 1.82) is 0 Å². The summed E-state index contributed by atoms with van der Waals surface area (Å²) >= 11 is 0. The topological polar surface area (TPSA) is 92.2 Å². The third kappa shape index (κ3) is 4.13. The molecule has 1 atom stereocenters. The van der Waals surface area contributed by atoms with Crippen LogP contribution in [0, 0.1) is 0 Å². The van der Waals surface area contributed by atoms with Crippen molar-refractivity contribution >= 4 is 47.4 Å². The van der Waals surface area contributed by atoms with Crippen LogP contribution in [0.3, 0.4) is 0 Å². The number of carbonyl (C=O) groups is 1. The van der Waals surface area contributed by atoms with Gasteiger partial charge in [-0.05, 0) is 30.3 Å². The van der Waals surface area contributed by atoms with Gasteiger partial charge < -0.3 is 24.8 Å². The van der Waals surface area contributed by atoms with Gasteiger partial charge in [-0.3, -0.25) is 4.79 Å². The number of ether oxygens (including phenoxy) is 1. The molecule has 1 amide bonds. The zero-order chi connectivity index (χ0) is 15.6. The summed E-state index contributed by atoms with van der Waals surface area (Å²) in [6.07, 6.45) is 1.60. The van der Waals surface area contributed by atoms with E-state index in [0.29, 0.717) is 37.0 Å². The lowest BCUT2D eigenvalue weighted by Gasteiger charge is -2.22. The summed E-state index contributed by atoms with van der Waals surface area (Å²) in [6.45, 7) is 1.71. The molecule has 1 unspecified atom stereocenters. The number of amides is 1. The van der Waals surface area contributed by atoms with Crippen molar-refractivity contribution in [3.63, 3.8) is 0 Å². The molecular weight excluding hydrogens is 367 g/mol. The van der Waals surface area contributed by atoms with Crippen LogP contribution < -0.4 is 10.6 Å². The van der Waals surface area contributed by atoms with Crippen LogP contribution in [0.1, 0.15) is 0 Å². The smallest absolute Gasteiger partial charge is 0.243 e. The molecule has 1 aliphatic rings. The van der Waals surface area contributed by atoms with Crippen LogP contribution in [0.5, 0.6) is 0 Å². The summed E-state index contributed by atoms with van der Waals surface area (Å²) in [5.41, 5.74) is 2.36. The van der Waals surface area contributed by atoms with Gasteiger partial charge in [-0.15, -0.1) is 24.8 Å². The summed E-state index contributed by atoms with van der Waals surface area (Å²) in [6, 6.07) is 8.88. The van der Waals surface area contributed by atoms with Crippen molar-refractivity contribution in [1.82, 2.24) is 15.3 Å². The maximum atomic E-state index is 12.2. The van der Waals surface area contributed by atoms with E-state index in [9.17, 15) is 4.79 Å². The molecule has 1 aromatic carbocycles. The van der Waals surface area contributed by atoms with Gasteiger partial charge >= 0.3 is 0 Å². The van der Waals surface area contributed by atoms with Crippen molar-refractivity contribution in [3.8, 4) is 11.6 Å². The van der Waals surface area contributed by atoms with Gasteiger partial charge in [-0.25, -0.2) is 4.98 Å². The third-order valence-corrected chi connectivity index (χ3v) is 3.74. The van der Waals surface area contributed by atoms with Crippen molar-refractivity contribution in [3.05, 3.63) is 36.6 Å². The van der Waals surface area contributed by atoms with Gasteiger partial charge in [-0.1, -0.05) is 0 Å². The highest BCUT2D eigenvalue weighted by Crippen LogP contribution is 2.23. The molecule has 0 bridgehead atoms. The Morgan fingerprint density at radius 1 is 1.28 bits per heavy atom. The largest absolute Gasteiger partial charge is 0.461 e. The molecule has 9 heteroatoms. The maximum Gasteiger partial charge on any atom is 0.243 e. The number of H-pyrrole nitrogens is 1. The Hall–Kier alpha value is -2.06. The Morgan fingerprint density at radius 3 is 2.88 bits per heavy atom. The van der Waals surface area contributed by atoms with E-state index in [0.717, 1.165) is 11.0 Å². The number of benzene rings is 1. The summed E-state index contributed by atoms with van der Waals surface area (Å²) < 4.78 is 10.6. The molecule has 1 fully saturated rings. The predicted octanol–water partition coefficient (Wildman–Crippen LogP) is 2.59. The molecule has 3 N–H and O–H groups in total. The average Bonchev–Trinajstić information content (AvgIpc) is 3.24. The van der Waals surface area contributed by atoms with E-state index in [1.807, 2.05) is 30.3 Å². The molecule has 134 valence electrons. The number of carbonyl (C=O) groups excluding carboxylic acids is 1. The molecule has 7 nitrogen and oxygen atoms in total. The zero-order valence-electron chi connectivity index (χ0n) is 13.2. The van der Waals surface area contributed by atoms with E-state index >= 15 is 0 Å². The fraction of sp³-hybridized carbons (Fsp3) is 0.250. The molecule has 2 aromatic heterocycles. The molecule has 3 aromatic rings. The minimum atomic E-state index is -0.320. The van der Waals surface area contributed by atoms with E-state index in [1.54, 1.807) is 6.26 Å². The summed E-state index contributed by atoms with van der Waals surface area (Å²) in [5.74, 6) is 1.24. The first-order valence-corrected chi connectivity index (χ1v) is 7.45. The van der Waals surface area contributed by atoms with Gasteiger partial charge in [0.05, 0.1) is 30.5 Å². The second-order valence-electron chi connectivity index (χ2n) is 5.37. The molecule has 25 heavy (non-hydrogen) atoms. The van der Waals surface area contributed by atoms with Crippen molar-refractivity contribution < 1.29 is 13.9 Å². The van der Waals surface area contributed by atoms with E-state index < -0.39 is 0 Å². The molecule has 0 saturated carbocycles. The first kappa shape index (κ1) is 19.3. The molecule has 3 heterocycles. The first-order valence-electron chi connectivity index (χ1n) is 7.45. The lowest BCUT2D eigenvalue weighted by atomic mass is 10.2. The second kappa shape index (κ2) is 8.35. The van der Waals surface area contributed by atoms with Gasteiger partial charge in [0.2, 0.25) is 5.91 Å². The SMILES string of the molecule is Cl.Cl.O=C(Nc1ccc2nc(-c3ccco3)[nH]c2c1)C1COCCN1. The minimum absolute atomic E-state index is 0. The number of anilines is 1. The molecule has 1 aliphatic heterocycles. The second-order valence-corrected chi connectivity index (χ2v) is 5.37. The molecule has 0 radical (unpaired) electrons. The quantitative estimate of drug-likeness (QED) is 0.645. The van der Waals surface area contributed by atoms with Gasteiger partial charge in [-0.2, -0.15) is 0 Å². The standard InChI is InChI=1S/C16H16N4O3.2ClH/c21-16(13-9-22-7-5-17-13)18-10-3-4-11-12(8-10)20-15(19-11)14-2-1-6-23-14;;/h1-4,6,8,13,17H,5,7,9H2,(H,18,21)(H,19,20);2*1H. The highest BCUT2D eigenvalue weighted by atomic mass is 35.5. The van der Waals surface area contributed by atoms with Crippen LogP contribution in [0.4, 0.5) is 5.69 Å². The summed E-state index contributed by atoms with van der Waals surface area (Å²) in [5, 5.41) is 6.02. The number of hydrogen-bond acceptors (Lipinski definition) is 5. The highest BCUT2D eigenvalue weighted by Gasteiger charge is 2.21. The van der Waals surface area contributed by atoms with Gasteiger partial charge in [0.25, 0.3) is 0 Å². The molecule has 4 rings (SSSR count). The molecule has 1 saturated heterocycles. The van der Waals surface area contributed by atoms with Crippen LogP contribution >= 0.6 is 24.8 Å². The number of hydrogen-bond donors (Lipinski definition) is 3. The van der Waals surface area contributed by atoms with Crippen molar-refractivity contribution in [2.45, 2.75) is 6.04 Å². The van der Waals surface area contributed by atoms with Crippen LogP contribution in [-0.2, 0) is 9.53 Å². The van der Waals surface area contributed by atoms with E-state index in [-0.39, 0.29) is 36.8 Å². The number of nitrogens with zero attached hydrogens (tertiary/aromatic N) is 1. The molecule has 0 aliphatic carbocycles. The average molecular weight is 385 g/mol. The zero-order valence-corrected chi connectivity index (χ0v) is 14.8. The van der Waals surface area contributed by atoms with Crippen LogP contribution in [0.15, 0.2) is 41.0 Å². The van der Waals surface area contributed by atoms with Gasteiger partial charge in [0.15, 0.2) is 11.6 Å². The first-order chi connectivity index (χ1) is 11.3. The highest BCUT2D eigenvalue weighted by molar-refractivity contribution is 5.96. The number of fused-ring (bicyclic) bond motifs is 1. The molecule has 0 spiro atoms. The lowest BCUT2D eigenvalue weighted by Crippen LogP contribution is -2.48. The number of imidazole rings is 1. The Bertz CT molecular complexity index is 829. The number of furan rings is 1. The number of aromatic amines is 1. The maximum absolute atomic E-state index is 12.2. The third-order valence-electron chi connectivity index (χ3n) is 3.74. The number of halogens is 2. The number of aromatic nitrogens is 2. The normalized spacial score (nSPS) is 16.7. The Kier molecular flexibility index (Phi) is 6.44. The van der Waals surface area contributed by atoms with Gasteiger partial charge in [0, 0.05) is 12.2 Å². The number of nitrogens with one attached hydrogen (secondary N) is 3. The van der Waals surface area contributed by atoms with E-state index in [2.05, 4.69) is 20.6 Å². The summed E-state index contributed by atoms with van der Waals surface area (Å²) in [7, 11) is 0. The molecular formula is C16H18Cl2N4O3. The number of rotatable bonds is 3. The predicted molar refractivity (Wildman–Crippen MR) is 99.5 cm³/mol. The van der Waals surface area contributed by atoms with Crippen molar-refractivity contribution in [2.24, 2.45) is 0 Å². The Balaban J connectivity index is 0.00000113. The van der Waals surface area contributed by atoms with Crippen LogP contribution in [-0.4, -0.2) is 41.7 Å². The van der Waals surface area contributed by atoms with Crippen molar-refractivity contribution in [2.75, 3.05) is 25.1 Å². The number of morpholine rings is 1. The fourth-order valence-electron chi connectivity index (χ4n) is 2.58. The monoisotopic (exact) mass is 384 g/mol. The van der Waals surface area contributed by atoms with Gasteiger partial charge in [0.1, 0.15) is 6.04 Å². The fourth-order valence-corrected chi connectivity index (χ4v) is 2.58. The van der Waals surface area contributed by atoms with Crippen LogP contribution in [0.25, 0.3) is 22.6 Å². The van der Waals surface area contributed by atoms with E-state index in [4.69, 9.17) is 9.15 Å². The Morgan fingerprint density at radius 2 is 2.16 bits per heavy atom. The van der Waals surface area contributed by atoms with Crippen LogP contribution in [0.2, 0.25) is 0 Å².